The molecule has 1 aliphatic heterocycles. The Hall–Kier alpha value is -2.03. The normalized spacial score (nSPS) is 17.0. The summed E-state index contributed by atoms with van der Waals surface area (Å²) in [7, 11) is 0. The summed E-state index contributed by atoms with van der Waals surface area (Å²) in [5.74, 6) is -0.356. The van der Waals surface area contributed by atoms with E-state index in [9.17, 15) is 20.0 Å². The minimum absolute atomic E-state index is 0.0625. The Morgan fingerprint density at radius 3 is 2.59 bits per heavy atom. The second-order valence-corrected chi connectivity index (χ2v) is 5.23. The van der Waals surface area contributed by atoms with Crippen LogP contribution < -0.4 is 10.2 Å². The molecule has 120 valence electrons. The fourth-order valence-electron chi connectivity index (χ4n) is 2.32. The van der Waals surface area contributed by atoms with Crippen LogP contribution in [0.1, 0.15) is 10.4 Å². The summed E-state index contributed by atoms with van der Waals surface area (Å²) < 4.78 is 5.24. The number of ether oxygens (including phenoxy) is 1. The fraction of sp³-hybridized carbons (Fsp3) is 0.500. The molecule has 0 radical (unpaired) electrons. The van der Waals surface area contributed by atoms with Gasteiger partial charge in [-0.1, -0.05) is 0 Å². The highest BCUT2D eigenvalue weighted by atomic mass is 16.6. The third-order valence-corrected chi connectivity index (χ3v) is 3.56. The van der Waals surface area contributed by atoms with E-state index in [1.54, 1.807) is 0 Å². The molecule has 0 aromatic heterocycles. The number of morpholine rings is 1. The van der Waals surface area contributed by atoms with Crippen LogP contribution in [0, 0.1) is 10.1 Å². The summed E-state index contributed by atoms with van der Waals surface area (Å²) in [5.41, 5.74) is 0.268. The third kappa shape index (κ3) is 4.76. The fourth-order valence-corrected chi connectivity index (χ4v) is 2.32. The topological polar surface area (TPSA) is 106 Å². The number of nitro benzene ring substituents is 1. The van der Waals surface area contributed by atoms with Crippen molar-refractivity contribution in [2.24, 2.45) is 0 Å². The summed E-state index contributed by atoms with van der Waals surface area (Å²) in [4.78, 5) is 23.2. The number of non-ortho nitro benzene ring substituents is 1. The summed E-state index contributed by atoms with van der Waals surface area (Å²) >= 11 is 0. The maximum absolute atomic E-state index is 11.9. The average molecular weight is 310 g/mol. The zero-order valence-corrected chi connectivity index (χ0v) is 12.2. The Balaban J connectivity index is 1.77. The van der Waals surface area contributed by atoms with Crippen LogP contribution in [0.2, 0.25) is 0 Å². The number of amides is 1. The number of rotatable bonds is 6. The molecular formula is C14H20N3O5+. The Bertz CT molecular complexity index is 514. The number of nitrogens with zero attached hydrogens (tertiary/aromatic N) is 1. The number of benzene rings is 1. The first-order valence-corrected chi connectivity index (χ1v) is 7.18. The second-order valence-electron chi connectivity index (χ2n) is 5.23. The summed E-state index contributed by atoms with van der Waals surface area (Å²) in [6.45, 7) is 3.80. The van der Waals surface area contributed by atoms with Crippen molar-refractivity contribution in [1.82, 2.24) is 5.32 Å². The van der Waals surface area contributed by atoms with Crippen LogP contribution in [-0.4, -0.2) is 61.4 Å². The number of quaternary nitrogens is 1. The van der Waals surface area contributed by atoms with E-state index < -0.39 is 11.0 Å². The van der Waals surface area contributed by atoms with Crippen molar-refractivity contribution in [3.05, 3.63) is 39.9 Å². The van der Waals surface area contributed by atoms with Crippen molar-refractivity contribution in [3.8, 4) is 0 Å². The van der Waals surface area contributed by atoms with Crippen molar-refractivity contribution in [2.45, 2.75) is 6.10 Å². The van der Waals surface area contributed by atoms with Gasteiger partial charge in [0, 0.05) is 24.2 Å². The molecule has 2 rings (SSSR count). The van der Waals surface area contributed by atoms with Gasteiger partial charge in [-0.2, -0.15) is 0 Å². The van der Waals surface area contributed by atoms with Gasteiger partial charge in [0.1, 0.15) is 25.7 Å². The lowest BCUT2D eigenvalue weighted by atomic mass is 10.2. The molecule has 1 aromatic rings. The van der Waals surface area contributed by atoms with Gasteiger partial charge >= 0.3 is 0 Å². The first-order chi connectivity index (χ1) is 10.6. The number of aliphatic hydroxyl groups is 1. The maximum atomic E-state index is 11.9. The molecule has 1 aromatic carbocycles. The van der Waals surface area contributed by atoms with E-state index in [1.165, 1.54) is 29.2 Å². The van der Waals surface area contributed by atoms with Crippen LogP contribution in [0.15, 0.2) is 24.3 Å². The molecule has 8 heteroatoms. The summed E-state index contributed by atoms with van der Waals surface area (Å²) in [6, 6.07) is 5.35. The Morgan fingerprint density at radius 1 is 1.36 bits per heavy atom. The number of carbonyl (C=O) groups excluding carboxylic acids is 1. The largest absolute Gasteiger partial charge is 0.385 e. The van der Waals surface area contributed by atoms with Gasteiger partial charge in [-0.25, -0.2) is 0 Å². The second kappa shape index (κ2) is 7.83. The van der Waals surface area contributed by atoms with Gasteiger partial charge in [0.25, 0.3) is 11.6 Å². The van der Waals surface area contributed by atoms with Gasteiger partial charge in [0.15, 0.2) is 0 Å². The quantitative estimate of drug-likeness (QED) is 0.443. The Kier molecular flexibility index (Phi) is 5.82. The van der Waals surface area contributed by atoms with E-state index in [2.05, 4.69) is 5.32 Å². The molecule has 1 saturated heterocycles. The molecule has 22 heavy (non-hydrogen) atoms. The van der Waals surface area contributed by atoms with E-state index in [0.29, 0.717) is 25.3 Å². The van der Waals surface area contributed by atoms with E-state index >= 15 is 0 Å². The van der Waals surface area contributed by atoms with E-state index in [4.69, 9.17) is 4.74 Å². The molecule has 0 spiro atoms. The number of hydrogen-bond acceptors (Lipinski definition) is 5. The van der Waals surface area contributed by atoms with Crippen LogP contribution in [0.25, 0.3) is 0 Å². The number of nitrogens with one attached hydrogen (secondary N) is 2. The molecule has 0 aliphatic carbocycles. The number of carbonyl (C=O) groups is 1. The van der Waals surface area contributed by atoms with Gasteiger partial charge < -0.3 is 20.1 Å². The number of hydrogen-bond donors (Lipinski definition) is 3. The van der Waals surface area contributed by atoms with Gasteiger partial charge in [0.05, 0.1) is 18.1 Å². The van der Waals surface area contributed by atoms with Crippen LogP contribution >= 0.6 is 0 Å². The van der Waals surface area contributed by atoms with Gasteiger partial charge in [-0.15, -0.1) is 0 Å². The Morgan fingerprint density at radius 2 is 2.00 bits per heavy atom. The van der Waals surface area contributed by atoms with Crippen molar-refractivity contribution in [1.29, 1.82) is 0 Å². The van der Waals surface area contributed by atoms with E-state index in [-0.39, 0.29) is 18.1 Å². The molecule has 1 atom stereocenters. The minimum atomic E-state index is -0.630. The van der Waals surface area contributed by atoms with Crippen LogP contribution in [0.5, 0.6) is 0 Å². The van der Waals surface area contributed by atoms with Crippen molar-refractivity contribution in [3.63, 3.8) is 0 Å². The van der Waals surface area contributed by atoms with E-state index in [1.807, 2.05) is 0 Å². The standard InChI is InChI=1S/C14H19N3O5/c18-13(10-16-5-7-22-8-6-16)9-15-14(19)11-1-3-12(4-2-11)17(20)21/h1-4,13,18H,5-10H2,(H,15,19)/p+1/t13-/m1/s1. The van der Waals surface area contributed by atoms with E-state index in [0.717, 1.165) is 13.1 Å². The maximum Gasteiger partial charge on any atom is 0.269 e. The van der Waals surface area contributed by atoms with Crippen molar-refractivity contribution < 1.29 is 24.5 Å². The average Bonchev–Trinajstić information content (AvgIpc) is 2.53. The molecule has 1 fully saturated rings. The van der Waals surface area contributed by atoms with Crippen LogP contribution in [0.3, 0.4) is 0 Å². The minimum Gasteiger partial charge on any atom is -0.385 e. The molecular weight excluding hydrogens is 290 g/mol. The smallest absolute Gasteiger partial charge is 0.269 e. The molecule has 1 heterocycles. The molecule has 1 aliphatic rings. The molecule has 0 unspecified atom stereocenters. The Labute approximate surface area is 127 Å². The summed E-state index contributed by atoms with van der Waals surface area (Å²) in [5, 5.41) is 23.1. The van der Waals surface area contributed by atoms with Crippen LogP contribution in [0.4, 0.5) is 5.69 Å². The first-order valence-electron chi connectivity index (χ1n) is 7.18. The lowest BCUT2D eigenvalue weighted by Crippen LogP contribution is -3.15. The molecule has 1 amide bonds. The molecule has 0 bridgehead atoms. The summed E-state index contributed by atoms with van der Waals surface area (Å²) in [6.07, 6.45) is -0.630. The molecule has 8 nitrogen and oxygen atoms in total. The van der Waals surface area contributed by atoms with Crippen molar-refractivity contribution >= 4 is 11.6 Å². The lowest BCUT2D eigenvalue weighted by molar-refractivity contribution is -0.910. The van der Waals surface area contributed by atoms with Crippen molar-refractivity contribution in [2.75, 3.05) is 39.4 Å². The van der Waals surface area contributed by atoms with Gasteiger partial charge in [-0.3, -0.25) is 14.9 Å². The SMILES string of the molecule is O=C(NC[C@@H](O)C[NH+]1CCOCC1)c1ccc([N+](=O)[O-])cc1. The monoisotopic (exact) mass is 310 g/mol. The van der Waals surface area contributed by atoms with Gasteiger partial charge in [0.2, 0.25) is 0 Å². The zero-order valence-electron chi connectivity index (χ0n) is 12.2. The lowest BCUT2D eigenvalue weighted by Gasteiger charge is -2.25. The van der Waals surface area contributed by atoms with Crippen LogP contribution in [-0.2, 0) is 4.74 Å². The molecule has 0 saturated carbocycles. The zero-order chi connectivity index (χ0) is 15.9. The first kappa shape index (κ1) is 16.3. The molecule has 3 N–H and O–H groups in total. The predicted octanol–water partition coefficient (Wildman–Crippen LogP) is -1.40. The van der Waals surface area contributed by atoms with Gasteiger partial charge in [-0.05, 0) is 12.1 Å². The third-order valence-electron chi connectivity index (χ3n) is 3.56. The highest BCUT2D eigenvalue weighted by Crippen LogP contribution is 2.11. The highest BCUT2D eigenvalue weighted by Gasteiger charge is 2.19. The highest BCUT2D eigenvalue weighted by molar-refractivity contribution is 5.94. The number of aliphatic hydroxyl groups excluding tert-OH is 1. The number of nitro groups is 1. The predicted molar refractivity (Wildman–Crippen MR) is 77.8 cm³/mol.